The fourth-order valence-corrected chi connectivity index (χ4v) is 3.13. The Bertz CT molecular complexity index is 724. The summed E-state index contributed by atoms with van der Waals surface area (Å²) in [6, 6.07) is 7.67. The third-order valence-electron chi connectivity index (χ3n) is 4.19. The number of fused-ring (bicyclic) bond motifs is 1. The van der Waals surface area contributed by atoms with Gasteiger partial charge in [0.05, 0.1) is 12.1 Å². The van der Waals surface area contributed by atoms with Crippen molar-refractivity contribution in [2.45, 2.75) is 20.4 Å². The highest BCUT2D eigenvalue weighted by molar-refractivity contribution is 9.10. The maximum Gasteiger partial charge on any atom is 0.233 e. The molecule has 0 bridgehead atoms. The van der Waals surface area contributed by atoms with E-state index in [-0.39, 0.29) is 30.2 Å². The highest BCUT2D eigenvalue weighted by atomic mass is 79.9. The molecular formula is C16H15BrN2O2. The van der Waals surface area contributed by atoms with Gasteiger partial charge in [0.25, 0.3) is 0 Å². The molecule has 0 saturated carbocycles. The van der Waals surface area contributed by atoms with Crippen LogP contribution in [0.3, 0.4) is 0 Å². The van der Waals surface area contributed by atoms with E-state index in [1.54, 1.807) is 6.20 Å². The largest absolute Gasteiger partial charge is 0.278 e. The Labute approximate surface area is 131 Å². The van der Waals surface area contributed by atoms with Gasteiger partial charge in [0.2, 0.25) is 11.8 Å². The lowest BCUT2D eigenvalue weighted by molar-refractivity contribution is -0.140. The number of likely N-dealkylation sites (tertiary alicyclic amines) is 1. The number of amides is 2. The van der Waals surface area contributed by atoms with E-state index in [2.05, 4.69) is 20.9 Å². The van der Waals surface area contributed by atoms with E-state index in [0.717, 1.165) is 20.9 Å². The predicted octanol–water partition coefficient (Wildman–Crippen LogP) is 3.14. The molecule has 0 N–H and O–H groups in total. The molecule has 0 spiro atoms. The van der Waals surface area contributed by atoms with Crippen molar-refractivity contribution in [1.29, 1.82) is 0 Å². The molecule has 1 saturated heterocycles. The summed E-state index contributed by atoms with van der Waals surface area (Å²) in [6.07, 6.45) is 1.72. The highest BCUT2D eigenvalue weighted by Gasteiger charge is 2.42. The van der Waals surface area contributed by atoms with Crippen LogP contribution >= 0.6 is 15.9 Å². The molecule has 0 radical (unpaired) electrons. The average Bonchev–Trinajstić information content (AvgIpc) is 2.68. The van der Waals surface area contributed by atoms with Crippen LogP contribution in [-0.4, -0.2) is 21.7 Å². The first-order valence-corrected chi connectivity index (χ1v) is 7.67. The Morgan fingerprint density at radius 3 is 2.48 bits per heavy atom. The molecule has 1 aromatic heterocycles. The third kappa shape index (κ3) is 2.25. The number of carbonyl (C=O) groups is 2. The van der Waals surface area contributed by atoms with Crippen LogP contribution in [0.4, 0.5) is 0 Å². The van der Waals surface area contributed by atoms with Crippen LogP contribution in [0.2, 0.25) is 0 Å². The van der Waals surface area contributed by atoms with E-state index >= 15 is 0 Å². The van der Waals surface area contributed by atoms with Crippen LogP contribution in [0.5, 0.6) is 0 Å². The number of imide groups is 1. The molecule has 2 atom stereocenters. The maximum atomic E-state index is 12.2. The molecular weight excluding hydrogens is 332 g/mol. The Balaban J connectivity index is 2.02. The van der Waals surface area contributed by atoms with E-state index < -0.39 is 0 Å². The van der Waals surface area contributed by atoms with Crippen LogP contribution in [0.25, 0.3) is 10.9 Å². The van der Waals surface area contributed by atoms with Gasteiger partial charge in [0, 0.05) is 27.9 Å². The third-order valence-corrected chi connectivity index (χ3v) is 4.88. The minimum Gasteiger partial charge on any atom is -0.278 e. The zero-order valence-corrected chi connectivity index (χ0v) is 13.4. The van der Waals surface area contributed by atoms with Crippen molar-refractivity contribution >= 4 is 38.6 Å². The van der Waals surface area contributed by atoms with Gasteiger partial charge in [-0.05, 0) is 17.7 Å². The lowest BCUT2D eigenvalue weighted by Crippen LogP contribution is -2.30. The first-order chi connectivity index (χ1) is 10.0. The van der Waals surface area contributed by atoms with Gasteiger partial charge in [-0.2, -0.15) is 0 Å². The predicted molar refractivity (Wildman–Crippen MR) is 83.3 cm³/mol. The van der Waals surface area contributed by atoms with Crippen molar-refractivity contribution in [3.63, 3.8) is 0 Å². The zero-order chi connectivity index (χ0) is 15.1. The number of rotatable bonds is 2. The molecule has 1 fully saturated rings. The van der Waals surface area contributed by atoms with Crippen LogP contribution in [0.15, 0.2) is 34.9 Å². The number of aromatic nitrogens is 1. The summed E-state index contributed by atoms with van der Waals surface area (Å²) in [5.41, 5.74) is 1.71. The highest BCUT2D eigenvalue weighted by Crippen LogP contribution is 2.30. The van der Waals surface area contributed by atoms with Crippen molar-refractivity contribution in [2.75, 3.05) is 0 Å². The van der Waals surface area contributed by atoms with Crippen LogP contribution in [-0.2, 0) is 16.1 Å². The molecule has 1 aliphatic rings. The molecule has 0 aliphatic carbocycles. The summed E-state index contributed by atoms with van der Waals surface area (Å²) in [4.78, 5) is 30.2. The Hall–Kier alpha value is -1.75. The van der Waals surface area contributed by atoms with Gasteiger partial charge in [-0.1, -0.05) is 41.9 Å². The molecule has 4 nitrogen and oxygen atoms in total. The van der Waals surface area contributed by atoms with Gasteiger partial charge in [-0.25, -0.2) is 0 Å². The molecule has 2 aromatic rings. The molecule has 2 amide bonds. The monoisotopic (exact) mass is 346 g/mol. The topological polar surface area (TPSA) is 50.3 Å². The molecule has 2 heterocycles. The number of hydrogen-bond donors (Lipinski definition) is 0. The van der Waals surface area contributed by atoms with E-state index in [4.69, 9.17) is 0 Å². The average molecular weight is 347 g/mol. The van der Waals surface area contributed by atoms with Gasteiger partial charge in [-0.15, -0.1) is 0 Å². The van der Waals surface area contributed by atoms with Gasteiger partial charge < -0.3 is 0 Å². The second-order valence-electron chi connectivity index (χ2n) is 5.45. The molecule has 2 unspecified atom stereocenters. The van der Waals surface area contributed by atoms with Gasteiger partial charge in [0.15, 0.2) is 0 Å². The fourth-order valence-electron chi connectivity index (χ4n) is 2.68. The van der Waals surface area contributed by atoms with Crippen molar-refractivity contribution in [1.82, 2.24) is 9.88 Å². The van der Waals surface area contributed by atoms with E-state index in [1.807, 2.05) is 38.1 Å². The van der Waals surface area contributed by atoms with Crippen molar-refractivity contribution < 1.29 is 9.59 Å². The van der Waals surface area contributed by atoms with E-state index in [0.29, 0.717) is 0 Å². The molecule has 1 aliphatic heterocycles. The summed E-state index contributed by atoms with van der Waals surface area (Å²) < 4.78 is 0.954. The lowest BCUT2D eigenvalue weighted by atomic mass is 10.00. The number of nitrogens with zero attached hydrogens (tertiary/aromatic N) is 2. The number of hydrogen-bond acceptors (Lipinski definition) is 3. The molecule has 5 heteroatoms. The van der Waals surface area contributed by atoms with Gasteiger partial charge >= 0.3 is 0 Å². The van der Waals surface area contributed by atoms with Crippen LogP contribution in [0, 0.1) is 11.8 Å². The van der Waals surface area contributed by atoms with Crippen LogP contribution in [0.1, 0.15) is 19.4 Å². The zero-order valence-electron chi connectivity index (χ0n) is 11.8. The summed E-state index contributed by atoms with van der Waals surface area (Å²) in [6.45, 7) is 3.90. The minimum atomic E-state index is -0.243. The van der Waals surface area contributed by atoms with Crippen molar-refractivity contribution in [3.05, 3.63) is 40.5 Å². The second-order valence-corrected chi connectivity index (χ2v) is 6.30. The summed E-state index contributed by atoms with van der Waals surface area (Å²) in [7, 11) is 0. The van der Waals surface area contributed by atoms with E-state index in [9.17, 15) is 9.59 Å². The molecule has 3 rings (SSSR count). The van der Waals surface area contributed by atoms with Gasteiger partial charge in [0.1, 0.15) is 0 Å². The minimum absolute atomic E-state index is 0.0977. The van der Waals surface area contributed by atoms with Crippen molar-refractivity contribution in [3.8, 4) is 0 Å². The quantitative estimate of drug-likeness (QED) is 0.785. The van der Waals surface area contributed by atoms with Crippen LogP contribution < -0.4 is 0 Å². The Kier molecular flexibility index (Phi) is 3.53. The van der Waals surface area contributed by atoms with E-state index in [1.165, 1.54) is 4.90 Å². The standard InChI is InChI=1S/C16H15BrN2O2/c1-9-10(2)16(21)19(15(9)20)8-11-5-6-13(17)12-4-3-7-18-14(11)12/h3-7,9-10H,8H2,1-2H3. The lowest BCUT2D eigenvalue weighted by Gasteiger charge is -2.16. The summed E-state index contributed by atoms with van der Waals surface area (Å²) >= 11 is 3.50. The van der Waals surface area contributed by atoms with Gasteiger partial charge in [-0.3, -0.25) is 19.5 Å². The summed E-state index contributed by atoms with van der Waals surface area (Å²) in [5.74, 6) is -0.682. The molecule has 21 heavy (non-hydrogen) atoms. The number of carbonyl (C=O) groups excluding carboxylic acids is 2. The van der Waals surface area contributed by atoms with Crippen molar-refractivity contribution in [2.24, 2.45) is 11.8 Å². The Morgan fingerprint density at radius 1 is 1.14 bits per heavy atom. The summed E-state index contributed by atoms with van der Waals surface area (Å²) in [5, 5.41) is 0.982. The fraction of sp³-hybridized carbons (Fsp3) is 0.312. The first-order valence-electron chi connectivity index (χ1n) is 6.88. The number of halogens is 1. The maximum absolute atomic E-state index is 12.2. The second kappa shape index (κ2) is 5.22. The molecule has 108 valence electrons. The normalized spacial score (nSPS) is 22.3. The molecule has 1 aromatic carbocycles. The number of pyridine rings is 1. The first kappa shape index (κ1) is 14.2. The smallest absolute Gasteiger partial charge is 0.233 e. The SMILES string of the molecule is CC1C(=O)N(Cc2ccc(Br)c3cccnc23)C(=O)C1C. The number of benzene rings is 1. The Morgan fingerprint density at radius 2 is 1.81 bits per heavy atom.